The highest BCUT2D eigenvalue weighted by Crippen LogP contribution is 2.28. The van der Waals surface area contributed by atoms with Gasteiger partial charge in [-0.1, -0.05) is 32.0 Å². The molecule has 0 unspecified atom stereocenters. The predicted octanol–water partition coefficient (Wildman–Crippen LogP) is 4.32. The lowest BCUT2D eigenvalue weighted by Crippen LogP contribution is -2.06. The fraction of sp³-hybridized carbons (Fsp3) is 0.250. The van der Waals surface area contributed by atoms with Gasteiger partial charge >= 0.3 is 0 Å². The van der Waals surface area contributed by atoms with E-state index in [1.54, 1.807) is 6.33 Å². The fourth-order valence-corrected chi connectivity index (χ4v) is 2.71. The Bertz CT molecular complexity index is 876. The van der Waals surface area contributed by atoms with E-state index in [9.17, 15) is 4.79 Å². The zero-order valence-electron chi connectivity index (χ0n) is 14.5. The Morgan fingerprint density at radius 1 is 1.08 bits per heavy atom. The molecule has 0 aliphatic carbocycles. The first-order chi connectivity index (χ1) is 12.2. The van der Waals surface area contributed by atoms with E-state index in [2.05, 4.69) is 40.5 Å². The third-order valence-corrected chi connectivity index (χ3v) is 4.07. The standard InChI is InChI=1S/C20H22N4O/c1-14(2)8-9-21-20-18-11-16(6-7-19(18)22-12-23-20)15-4-3-5-17(10-15)24-13-25/h3-7,10-14H,8-9H2,1-2H3,(H,24,25)(H,21,22,23). The van der Waals surface area contributed by atoms with Crippen molar-refractivity contribution in [1.29, 1.82) is 0 Å². The summed E-state index contributed by atoms with van der Waals surface area (Å²) in [6.07, 6.45) is 3.36. The zero-order valence-corrected chi connectivity index (χ0v) is 14.5. The van der Waals surface area contributed by atoms with Crippen LogP contribution in [0.25, 0.3) is 22.0 Å². The number of rotatable bonds is 7. The summed E-state index contributed by atoms with van der Waals surface area (Å²) in [4.78, 5) is 19.4. The van der Waals surface area contributed by atoms with Gasteiger partial charge < -0.3 is 10.6 Å². The summed E-state index contributed by atoms with van der Waals surface area (Å²) < 4.78 is 0. The highest BCUT2D eigenvalue weighted by atomic mass is 16.1. The molecular weight excluding hydrogens is 312 g/mol. The minimum absolute atomic E-state index is 0.643. The van der Waals surface area contributed by atoms with E-state index < -0.39 is 0 Å². The van der Waals surface area contributed by atoms with Crippen molar-refractivity contribution in [1.82, 2.24) is 9.97 Å². The number of nitrogens with one attached hydrogen (secondary N) is 2. The van der Waals surface area contributed by atoms with E-state index in [1.807, 2.05) is 36.4 Å². The predicted molar refractivity (Wildman–Crippen MR) is 103 cm³/mol. The fourth-order valence-electron chi connectivity index (χ4n) is 2.71. The second-order valence-electron chi connectivity index (χ2n) is 6.41. The largest absolute Gasteiger partial charge is 0.369 e. The molecule has 3 rings (SSSR count). The van der Waals surface area contributed by atoms with Gasteiger partial charge in [0.25, 0.3) is 0 Å². The molecule has 0 bridgehead atoms. The molecule has 1 aromatic heterocycles. The Balaban J connectivity index is 1.95. The number of carbonyl (C=O) groups is 1. The third kappa shape index (κ3) is 4.12. The second kappa shape index (κ2) is 7.75. The van der Waals surface area contributed by atoms with Crippen molar-refractivity contribution in [2.24, 2.45) is 5.92 Å². The quantitative estimate of drug-likeness (QED) is 0.631. The van der Waals surface area contributed by atoms with Gasteiger partial charge in [-0.15, -0.1) is 0 Å². The summed E-state index contributed by atoms with van der Waals surface area (Å²) in [6.45, 7) is 5.29. The van der Waals surface area contributed by atoms with Crippen LogP contribution < -0.4 is 10.6 Å². The van der Waals surface area contributed by atoms with E-state index in [0.29, 0.717) is 12.3 Å². The lowest BCUT2D eigenvalue weighted by Gasteiger charge is -2.11. The number of benzene rings is 2. The number of fused-ring (bicyclic) bond motifs is 1. The van der Waals surface area contributed by atoms with Crippen molar-refractivity contribution in [3.05, 3.63) is 48.8 Å². The molecule has 2 aromatic carbocycles. The van der Waals surface area contributed by atoms with Gasteiger partial charge in [-0.2, -0.15) is 0 Å². The maximum atomic E-state index is 10.7. The summed E-state index contributed by atoms with van der Waals surface area (Å²) in [5, 5.41) is 7.10. The van der Waals surface area contributed by atoms with Gasteiger partial charge in [0.2, 0.25) is 6.41 Å². The Kier molecular flexibility index (Phi) is 5.23. The maximum Gasteiger partial charge on any atom is 0.211 e. The first-order valence-electron chi connectivity index (χ1n) is 8.46. The molecule has 25 heavy (non-hydrogen) atoms. The second-order valence-corrected chi connectivity index (χ2v) is 6.41. The third-order valence-electron chi connectivity index (χ3n) is 4.07. The molecule has 0 saturated carbocycles. The van der Waals surface area contributed by atoms with Gasteiger partial charge in [0.1, 0.15) is 12.1 Å². The van der Waals surface area contributed by atoms with Crippen LogP contribution in [0.3, 0.4) is 0 Å². The first kappa shape index (κ1) is 16.9. The molecule has 0 aliphatic heterocycles. The molecule has 5 nitrogen and oxygen atoms in total. The van der Waals surface area contributed by atoms with Crippen molar-refractivity contribution in [3.8, 4) is 11.1 Å². The molecule has 0 atom stereocenters. The van der Waals surface area contributed by atoms with Crippen LogP contribution in [-0.2, 0) is 4.79 Å². The van der Waals surface area contributed by atoms with Crippen LogP contribution in [0.15, 0.2) is 48.8 Å². The van der Waals surface area contributed by atoms with Gasteiger partial charge in [-0.25, -0.2) is 9.97 Å². The van der Waals surface area contributed by atoms with E-state index >= 15 is 0 Å². The highest BCUT2D eigenvalue weighted by molar-refractivity contribution is 5.92. The van der Waals surface area contributed by atoms with Crippen LogP contribution in [0, 0.1) is 5.92 Å². The molecule has 1 amide bonds. The molecule has 2 N–H and O–H groups in total. The molecule has 0 radical (unpaired) electrons. The average molecular weight is 334 g/mol. The van der Waals surface area contributed by atoms with Crippen molar-refractivity contribution >= 4 is 28.8 Å². The van der Waals surface area contributed by atoms with Gasteiger partial charge in [-0.05, 0) is 47.7 Å². The number of aromatic nitrogens is 2. The van der Waals surface area contributed by atoms with E-state index in [1.165, 1.54) is 0 Å². The van der Waals surface area contributed by atoms with Gasteiger partial charge in [0.05, 0.1) is 5.52 Å². The smallest absolute Gasteiger partial charge is 0.211 e. The summed E-state index contributed by atoms with van der Waals surface area (Å²) in [5.41, 5.74) is 3.77. The Morgan fingerprint density at radius 3 is 2.72 bits per heavy atom. The number of nitrogens with zero attached hydrogens (tertiary/aromatic N) is 2. The number of anilines is 2. The summed E-state index contributed by atoms with van der Waals surface area (Å²) >= 11 is 0. The number of hydrogen-bond acceptors (Lipinski definition) is 4. The number of amides is 1. The molecule has 3 aromatic rings. The summed E-state index contributed by atoms with van der Waals surface area (Å²) in [6, 6.07) is 13.9. The number of hydrogen-bond donors (Lipinski definition) is 2. The van der Waals surface area contributed by atoms with E-state index in [4.69, 9.17) is 0 Å². The van der Waals surface area contributed by atoms with E-state index in [-0.39, 0.29) is 0 Å². The normalized spacial score (nSPS) is 10.8. The van der Waals surface area contributed by atoms with Crippen molar-refractivity contribution in [3.63, 3.8) is 0 Å². The van der Waals surface area contributed by atoms with Crippen LogP contribution in [0.1, 0.15) is 20.3 Å². The topological polar surface area (TPSA) is 66.9 Å². The summed E-state index contributed by atoms with van der Waals surface area (Å²) in [7, 11) is 0. The Labute approximate surface area is 147 Å². The number of carbonyl (C=O) groups excluding carboxylic acids is 1. The van der Waals surface area contributed by atoms with E-state index in [0.717, 1.165) is 46.5 Å². The molecule has 0 spiro atoms. The van der Waals surface area contributed by atoms with Crippen molar-refractivity contribution in [2.45, 2.75) is 20.3 Å². The minimum atomic E-state index is 0.643. The molecule has 128 valence electrons. The molecule has 0 fully saturated rings. The lowest BCUT2D eigenvalue weighted by atomic mass is 10.0. The van der Waals surface area contributed by atoms with Gasteiger partial charge in [0.15, 0.2) is 0 Å². The van der Waals surface area contributed by atoms with Crippen molar-refractivity contribution in [2.75, 3.05) is 17.2 Å². The molecule has 0 saturated heterocycles. The van der Waals surface area contributed by atoms with Crippen molar-refractivity contribution < 1.29 is 4.79 Å². The molecule has 5 heteroatoms. The van der Waals surface area contributed by atoms with Gasteiger partial charge in [-0.3, -0.25) is 4.79 Å². The average Bonchev–Trinajstić information content (AvgIpc) is 2.62. The molecular formula is C20H22N4O. The maximum absolute atomic E-state index is 10.7. The SMILES string of the molecule is CC(C)CCNc1ncnc2ccc(-c3cccc(NC=O)c3)cc12. The monoisotopic (exact) mass is 334 g/mol. The molecule has 1 heterocycles. The summed E-state index contributed by atoms with van der Waals surface area (Å²) in [5.74, 6) is 1.50. The van der Waals surface area contributed by atoms with Crippen LogP contribution >= 0.6 is 0 Å². The Hall–Kier alpha value is -2.95. The lowest BCUT2D eigenvalue weighted by molar-refractivity contribution is -0.105. The molecule has 0 aliphatic rings. The van der Waals surface area contributed by atoms with Gasteiger partial charge in [0, 0.05) is 17.6 Å². The van der Waals surface area contributed by atoms with Crippen LogP contribution in [0.4, 0.5) is 11.5 Å². The first-order valence-corrected chi connectivity index (χ1v) is 8.46. The van der Waals surface area contributed by atoms with Crippen LogP contribution in [0.2, 0.25) is 0 Å². The van der Waals surface area contributed by atoms with Crippen LogP contribution in [-0.4, -0.2) is 22.9 Å². The zero-order chi connectivity index (χ0) is 17.6. The highest BCUT2D eigenvalue weighted by Gasteiger charge is 2.07. The minimum Gasteiger partial charge on any atom is -0.369 e. The van der Waals surface area contributed by atoms with Crippen LogP contribution in [0.5, 0.6) is 0 Å². The Morgan fingerprint density at radius 2 is 1.92 bits per heavy atom.